The van der Waals surface area contributed by atoms with E-state index >= 15 is 0 Å². The molecule has 1 saturated heterocycles. The molecule has 4 heterocycles. The van der Waals surface area contributed by atoms with E-state index in [-0.39, 0.29) is 36.8 Å². The molecule has 12 heteroatoms. The van der Waals surface area contributed by atoms with Crippen LogP contribution in [0.2, 0.25) is 0 Å². The second-order valence-electron chi connectivity index (χ2n) is 12.4. The highest BCUT2D eigenvalue weighted by Crippen LogP contribution is 2.44. The van der Waals surface area contributed by atoms with E-state index in [9.17, 15) is 19.2 Å². The van der Waals surface area contributed by atoms with E-state index < -0.39 is 35.6 Å². The summed E-state index contributed by atoms with van der Waals surface area (Å²) in [5.41, 5.74) is 8.26. The number of nitrogens with two attached hydrogens (primary N) is 1. The molecule has 11 nitrogen and oxygen atoms in total. The maximum absolute atomic E-state index is 13.5. The van der Waals surface area contributed by atoms with Crippen molar-refractivity contribution in [1.29, 1.82) is 0 Å². The first-order valence-corrected chi connectivity index (χ1v) is 15.4. The lowest BCUT2D eigenvalue weighted by Gasteiger charge is -2.26. The first-order valence-electron chi connectivity index (χ1n) is 14.5. The summed E-state index contributed by atoms with van der Waals surface area (Å²) in [6, 6.07) is 5.10. The van der Waals surface area contributed by atoms with Crippen molar-refractivity contribution >= 4 is 46.4 Å². The van der Waals surface area contributed by atoms with E-state index in [2.05, 4.69) is 43.2 Å². The Kier molecular flexibility index (Phi) is 7.27. The third-order valence-corrected chi connectivity index (χ3v) is 9.83. The lowest BCUT2D eigenvalue weighted by molar-refractivity contribution is -0.138. The minimum Gasteiger partial charge on any atom is -0.444 e. The van der Waals surface area contributed by atoms with Gasteiger partial charge in [-0.05, 0) is 29.5 Å². The molecular weight excluding hydrogens is 568 g/mol. The summed E-state index contributed by atoms with van der Waals surface area (Å²) in [6.07, 6.45) is 5.82. The molecule has 43 heavy (non-hydrogen) atoms. The molecule has 1 aromatic carbocycles. The number of ether oxygens (including phenoxy) is 1. The summed E-state index contributed by atoms with van der Waals surface area (Å²) in [4.78, 5) is 60.4. The van der Waals surface area contributed by atoms with Gasteiger partial charge in [0.15, 0.2) is 5.13 Å². The van der Waals surface area contributed by atoms with Crippen molar-refractivity contribution in [3.8, 4) is 0 Å². The van der Waals surface area contributed by atoms with Crippen molar-refractivity contribution in [2.24, 2.45) is 11.7 Å². The van der Waals surface area contributed by atoms with Gasteiger partial charge in [-0.2, -0.15) is 0 Å². The van der Waals surface area contributed by atoms with Crippen LogP contribution in [0.15, 0.2) is 42.3 Å². The Balaban J connectivity index is 1.28. The van der Waals surface area contributed by atoms with Crippen LogP contribution >= 0.6 is 11.3 Å². The van der Waals surface area contributed by atoms with Crippen LogP contribution in [-0.2, 0) is 37.6 Å². The minimum atomic E-state index is -1.22. The maximum atomic E-state index is 13.5. The quantitative estimate of drug-likeness (QED) is 0.455. The number of nitrogens with one attached hydrogen (secondary N) is 2. The van der Waals surface area contributed by atoms with Crippen LogP contribution in [0.25, 0.3) is 6.08 Å². The molecule has 0 spiro atoms. The van der Waals surface area contributed by atoms with Crippen LogP contribution in [0.3, 0.4) is 0 Å². The second kappa shape index (κ2) is 10.8. The zero-order valence-corrected chi connectivity index (χ0v) is 25.1. The fourth-order valence-electron chi connectivity index (χ4n) is 6.23. The molecule has 1 aromatic heterocycles. The third-order valence-electron chi connectivity index (χ3n) is 9.03. The van der Waals surface area contributed by atoms with Crippen LogP contribution in [-0.4, -0.2) is 69.4 Å². The van der Waals surface area contributed by atoms with Crippen LogP contribution in [0.5, 0.6) is 0 Å². The smallest absolute Gasteiger partial charge is 0.410 e. The molecule has 226 valence electrons. The van der Waals surface area contributed by atoms with Crippen molar-refractivity contribution < 1.29 is 23.9 Å². The fourth-order valence-corrected chi connectivity index (χ4v) is 7.13. The number of carbonyl (C=O) groups is 4. The summed E-state index contributed by atoms with van der Waals surface area (Å²) in [5, 5.41) is 8.48. The molecule has 3 aliphatic heterocycles. The number of hydrogen-bond acceptors (Lipinski definition) is 8. The molecule has 6 bridgehead atoms. The molecule has 4 N–H and O–H groups in total. The average Bonchev–Trinajstić information content (AvgIpc) is 3.36. The molecule has 1 aliphatic carbocycles. The fraction of sp³-hybridized carbons (Fsp3) is 0.452. The Labute approximate surface area is 254 Å². The molecule has 0 unspecified atom stereocenters. The van der Waals surface area contributed by atoms with Crippen LogP contribution in [0.4, 0.5) is 9.93 Å². The number of nitrogens with zero attached hydrogens (tertiary/aromatic N) is 3. The highest BCUT2D eigenvalue weighted by atomic mass is 32.1. The molecule has 4 atom stereocenters. The Morgan fingerprint density at radius 1 is 1.28 bits per heavy atom. The Morgan fingerprint density at radius 2 is 2.09 bits per heavy atom. The Bertz CT molecular complexity index is 1530. The van der Waals surface area contributed by atoms with Gasteiger partial charge in [0.1, 0.15) is 17.7 Å². The molecule has 4 aliphatic rings. The van der Waals surface area contributed by atoms with Gasteiger partial charge in [-0.1, -0.05) is 50.3 Å². The largest absolute Gasteiger partial charge is 0.444 e. The van der Waals surface area contributed by atoms with Gasteiger partial charge in [-0.3, -0.25) is 19.3 Å². The first kappa shape index (κ1) is 28.9. The van der Waals surface area contributed by atoms with Crippen LogP contribution < -0.4 is 16.4 Å². The van der Waals surface area contributed by atoms with Gasteiger partial charge in [-0.25, -0.2) is 9.78 Å². The number of amides is 4. The topological polar surface area (TPSA) is 147 Å². The summed E-state index contributed by atoms with van der Waals surface area (Å²) in [6.45, 7) is 8.74. The summed E-state index contributed by atoms with van der Waals surface area (Å²) >= 11 is 1.42. The highest BCUT2D eigenvalue weighted by molar-refractivity contribution is 7.13. The van der Waals surface area contributed by atoms with Crippen LogP contribution in [0, 0.1) is 5.92 Å². The van der Waals surface area contributed by atoms with Gasteiger partial charge in [0, 0.05) is 29.7 Å². The van der Waals surface area contributed by atoms with E-state index in [0.29, 0.717) is 24.6 Å². The van der Waals surface area contributed by atoms with Crippen molar-refractivity contribution in [2.75, 3.05) is 18.4 Å². The number of allylic oxidation sites excluding steroid dienone is 1. The molecule has 1 saturated carbocycles. The predicted octanol–water partition coefficient (Wildman–Crippen LogP) is 2.92. The van der Waals surface area contributed by atoms with Gasteiger partial charge >= 0.3 is 6.09 Å². The SMILES string of the molecule is C=C[C@@H]1C[C@]1(NC(=O)[C@@H]1C[C@@H]2CN1C(=O)CNc1nc(cs1)C(C)(C)C/C=C/c1cccc3c1CN(C3)C(=O)O2)C(N)=O. The molecule has 4 amide bonds. The number of anilines is 1. The number of benzene rings is 1. The first-order chi connectivity index (χ1) is 20.5. The number of carbonyl (C=O) groups excluding carboxylic acids is 4. The number of aromatic nitrogens is 1. The summed E-state index contributed by atoms with van der Waals surface area (Å²) in [5.74, 6) is -1.79. The van der Waals surface area contributed by atoms with Gasteiger partial charge in [0.2, 0.25) is 17.7 Å². The van der Waals surface area contributed by atoms with E-state index in [1.165, 1.54) is 16.2 Å². The van der Waals surface area contributed by atoms with E-state index in [1.807, 2.05) is 23.6 Å². The number of hydrogen-bond donors (Lipinski definition) is 3. The lowest BCUT2D eigenvalue weighted by atomic mass is 9.86. The van der Waals surface area contributed by atoms with E-state index in [1.54, 1.807) is 11.0 Å². The van der Waals surface area contributed by atoms with E-state index in [4.69, 9.17) is 15.5 Å². The number of fused-ring (bicyclic) bond motifs is 5. The van der Waals surface area contributed by atoms with Gasteiger partial charge < -0.3 is 26.0 Å². The summed E-state index contributed by atoms with van der Waals surface area (Å²) in [7, 11) is 0. The summed E-state index contributed by atoms with van der Waals surface area (Å²) < 4.78 is 5.89. The predicted molar refractivity (Wildman–Crippen MR) is 162 cm³/mol. The monoisotopic (exact) mass is 604 g/mol. The second-order valence-corrected chi connectivity index (χ2v) is 13.3. The highest BCUT2D eigenvalue weighted by Gasteiger charge is 2.59. The normalized spacial score (nSPS) is 28.6. The zero-order valence-electron chi connectivity index (χ0n) is 24.3. The maximum Gasteiger partial charge on any atom is 0.410 e. The average molecular weight is 605 g/mol. The number of thiazole rings is 1. The zero-order chi connectivity index (χ0) is 30.5. The standard InChI is InChI=1S/C31H36N6O5S/c1-4-20-12-31(20,27(32)40)35-26(39)23-11-21-15-37(23)25(38)13-33-28-34-24(17-43-28)30(2,3)10-6-9-18-7-5-8-19-14-36(16-22(18)19)29(41)42-21/h4-9,17,20-21,23H,1,10-16H2,2-3H3,(H2,32,40)(H,33,34)(H,35,39)/b9-6+/t20-,21-,23+,31-/m1/s1. The molecule has 6 rings (SSSR count). The Morgan fingerprint density at radius 3 is 2.84 bits per heavy atom. The molecule has 2 fully saturated rings. The molecular formula is C31H36N6O5S. The molecule has 2 aromatic rings. The minimum absolute atomic E-state index is 0.0454. The molecule has 0 radical (unpaired) electrons. The van der Waals surface area contributed by atoms with Crippen molar-refractivity contribution in [3.63, 3.8) is 0 Å². The van der Waals surface area contributed by atoms with Crippen molar-refractivity contribution in [1.82, 2.24) is 20.1 Å². The van der Waals surface area contributed by atoms with Crippen molar-refractivity contribution in [3.05, 3.63) is 64.7 Å². The van der Waals surface area contributed by atoms with Gasteiger partial charge in [0.05, 0.1) is 25.3 Å². The van der Waals surface area contributed by atoms with Crippen LogP contribution in [0.1, 0.15) is 55.5 Å². The Hall–Kier alpha value is -4.19. The van der Waals surface area contributed by atoms with E-state index in [0.717, 1.165) is 28.8 Å². The lowest BCUT2D eigenvalue weighted by Crippen LogP contribution is -2.55. The van der Waals surface area contributed by atoms with Crippen molar-refractivity contribution in [2.45, 2.75) is 69.3 Å². The van der Waals surface area contributed by atoms with Gasteiger partial charge in [0.25, 0.3) is 0 Å². The number of primary amides is 1. The number of rotatable bonds is 4. The van der Waals surface area contributed by atoms with Gasteiger partial charge in [-0.15, -0.1) is 17.9 Å². The third kappa shape index (κ3) is 5.39.